The molecule has 3 N–H and O–H groups in total. The van der Waals surface area contributed by atoms with E-state index >= 15 is 0 Å². The van der Waals surface area contributed by atoms with E-state index in [4.69, 9.17) is 10.3 Å². The van der Waals surface area contributed by atoms with Gasteiger partial charge in [-0.2, -0.15) is 0 Å². The van der Waals surface area contributed by atoms with Gasteiger partial charge in [-0.25, -0.2) is 9.66 Å². The molecule has 124 valence electrons. The van der Waals surface area contributed by atoms with Crippen LogP contribution in [-0.4, -0.2) is 21.3 Å². The van der Waals surface area contributed by atoms with Crippen LogP contribution in [0.25, 0.3) is 10.9 Å². The fraction of sp³-hybridized carbons (Fsp3) is 0.188. The minimum Gasteiger partial charge on any atom is -0.467 e. The molecule has 0 aliphatic carbocycles. The maximum Gasteiger partial charge on any atom is 0.280 e. The molecule has 8 heteroatoms. The normalized spacial score (nSPS) is 12.2. The molecule has 3 aromatic rings. The van der Waals surface area contributed by atoms with Crippen molar-refractivity contribution in [3.05, 3.63) is 58.8 Å². The number of carbonyl (C=O) groups excluding carboxylic acids is 1. The zero-order valence-electron chi connectivity index (χ0n) is 12.9. The number of aromatic nitrogens is 2. The van der Waals surface area contributed by atoms with E-state index in [1.807, 2.05) is 6.92 Å². The fourth-order valence-corrected chi connectivity index (χ4v) is 2.98. The number of nitrogen functional groups attached to an aromatic ring is 1. The van der Waals surface area contributed by atoms with Gasteiger partial charge in [-0.15, -0.1) is 0 Å². The predicted molar refractivity (Wildman–Crippen MR) is 92.1 cm³/mol. The second-order valence-electron chi connectivity index (χ2n) is 5.18. The molecule has 0 aliphatic rings. The highest BCUT2D eigenvalue weighted by Crippen LogP contribution is 2.17. The lowest BCUT2D eigenvalue weighted by Crippen LogP contribution is -2.31. The van der Waals surface area contributed by atoms with Crippen LogP contribution in [0.15, 0.2) is 57.0 Å². The Bertz CT molecular complexity index is 921. The summed E-state index contributed by atoms with van der Waals surface area (Å²) >= 11 is 1.11. The van der Waals surface area contributed by atoms with Crippen molar-refractivity contribution in [1.29, 1.82) is 0 Å². The van der Waals surface area contributed by atoms with Crippen LogP contribution in [0.1, 0.15) is 18.7 Å². The minimum atomic E-state index is -0.340. The molecule has 1 aromatic carbocycles. The smallest absolute Gasteiger partial charge is 0.280 e. The van der Waals surface area contributed by atoms with E-state index in [2.05, 4.69) is 10.3 Å². The molecule has 2 aromatic heterocycles. The Morgan fingerprint density at radius 2 is 2.17 bits per heavy atom. The average Bonchev–Trinajstić information content (AvgIpc) is 3.11. The van der Waals surface area contributed by atoms with Crippen LogP contribution in [0.5, 0.6) is 0 Å². The second-order valence-corrected chi connectivity index (χ2v) is 6.12. The summed E-state index contributed by atoms with van der Waals surface area (Å²) in [5, 5.41) is 3.55. The Labute approximate surface area is 141 Å². The molecule has 0 radical (unpaired) electrons. The van der Waals surface area contributed by atoms with Gasteiger partial charge in [0, 0.05) is 0 Å². The molecule has 3 rings (SSSR count). The van der Waals surface area contributed by atoms with Gasteiger partial charge < -0.3 is 15.6 Å². The van der Waals surface area contributed by atoms with Gasteiger partial charge in [-0.1, -0.05) is 23.9 Å². The number of fused-ring (bicyclic) bond motifs is 1. The van der Waals surface area contributed by atoms with E-state index in [0.717, 1.165) is 16.4 Å². The summed E-state index contributed by atoms with van der Waals surface area (Å²) in [6, 6.07) is 10.3. The highest BCUT2D eigenvalue weighted by molar-refractivity contribution is 7.99. The zero-order valence-corrected chi connectivity index (χ0v) is 13.7. The topological polar surface area (TPSA) is 103 Å². The summed E-state index contributed by atoms with van der Waals surface area (Å²) in [7, 11) is 0. The summed E-state index contributed by atoms with van der Waals surface area (Å²) in [5.74, 6) is 6.35. The molecule has 0 bridgehead atoms. The van der Waals surface area contributed by atoms with E-state index in [-0.39, 0.29) is 23.3 Å². The first-order valence-electron chi connectivity index (χ1n) is 7.28. The maximum atomic E-state index is 12.2. The Kier molecular flexibility index (Phi) is 4.57. The molecule has 0 saturated carbocycles. The van der Waals surface area contributed by atoms with Crippen LogP contribution >= 0.6 is 11.8 Å². The SMILES string of the molecule is C[C@H](NC(=O)CSc1nc2ccccc2c(=O)n1N)c1ccco1. The van der Waals surface area contributed by atoms with Gasteiger partial charge in [-0.05, 0) is 31.2 Å². The van der Waals surface area contributed by atoms with Gasteiger partial charge in [-0.3, -0.25) is 9.59 Å². The van der Waals surface area contributed by atoms with Crippen LogP contribution < -0.4 is 16.7 Å². The number of carbonyl (C=O) groups is 1. The monoisotopic (exact) mass is 344 g/mol. The van der Waals surface area contributed by atoms with Crippen LogP contribution in [-0.2, 0) is 4.79 Å². The van der Waals surface area contributed by atoms with Crippen molar-refractivity contribution in [1.82, 2.24) is 15.0 Å². The molecular formula is C16H16N4O3S. The number of nitrogens with one attached hydrogen (secondary N) is 1. The van der Waals surface area contributed by atoms with E-state index in [9.17, 15) is 9.59 Å². The maximum absolute atomic E-state index is 12.2. The van der Waals surface area contributed by atoms with Crippen molar-refractivity contribution in [3.8, 4) is 0 Å². The van der Waals surface area contributed by atoms with Crippen molar-refractivity contribution >= 4 is 28.6 Å². The highest BCUT2D eigenvalue weighted by atomic mass is 32.2. The van der Waals surface area contributed by atoms with Crippen molar-refractivity contribution < 1.29 is 9.21 Å². The minimum absolute atomic E-state index is 0.0903. The lowest BCUT2D eigenvalue weighted by molar-refractivity contribution is -0.119. The number of nitrogens with two attached hydrogens (primary N) is 1. The first kappa shape index (κ1) is 16.1. The van der Waals surface area contributed by atoms with Gasteiger partial charge >= 0.3 is 0 Å². The van der Waals surface area contributed by atoms with Crippen LogP contribution in [0.4, 0.5) is 0 Å². The first-order chi connectivity index (χ1) is 11.6. The second kappa shape index (κ2) is 6.79. The van der Waals surface area contributed by atoms with Crippen molar-refractivity contribution in [2.75, 3.05) is 11.6 Å². The van der Waals surface area contributed by atoms with Crippen LogP contribution in [0.2, 0.25) is 0 Å². The number of rotatable bonds is 5. The van der Waals surface area contributed by atoms with E-state index in [0.29, 0.717) is 21.8 Å². The third-order valence-electron chi connectivity index (χ3n) is 3.46. The number of thioether (sulfide) groups is 1. The molecule has 0 aliphatic heterocycles. The number of hydrogen-bond acceptors (Lipinski definition) is 6. The van der Waals surface area contributed by atoms with E-state index < -0.39 is 0 Å². The van der Waals surface area contributed by atoms with Crippen molar-refractivity contribution in [2.24, 2.45) is 0 Å². The molecule has 0 spiro atoms. The van der Waals surface area contributed by atoms with Crippen molar-refractivity contribution in [3.63, 3.8) is 0 Å². The molecule has 1 atom stereocenters. The number of nitrogens with zero attached hydrogens (tertiary/aromatic N) is 2. The van der Waals surface area contributed by atoms with Gasteiger partial charge in [0.1, 0.15) is 5.76 Å². The third-order valence-corrected chi connectivity index (χ3v) is 4.41. The van der Waals surface area contributed by atoms with Gasteiger partial charge in [0.15, 0.2) is 5.16 Å². The molecule has 24 heavy (non-hydrogen) atoms. The molecule has 7 nitrogen and oxygen atoms in total. The summed E-state index contributed by atoms with van der Waals surface area (Å²) in [5.41, 5.74) is 0.212. The van der Waals surface area contributed by atoms with Gasteiger partial charge in [0.25, 0.3) is 5.56 Å². The Hall–Kier alpha value is -2.74. The largest absolute Gasteiger partial charge is 0.467 e. The van der Waals surface area contributed by atoms with E-state index in [1.165, 1.54) is 0 Å². The predicted octanol–water partition coefficient (Wildman–Crippen LogP) is 1.67. The van der Waals surface area contributed by atoms with Gasteiger partial charge in [0.2, 0.25) is 5.91 Å². The van der Waals surface area contributed by atoms with Crippen LogP contribution in [0.3, 0.4) is 0 Å². The summed E-state index contributed by atoms with van der Waals surface area (Å²) < 4.78 is 6.21. The highest BCUT2D eigenvalue weighted by Gasteiger charge is 2.14. The standard InChI is InChI=1S/C16H16N4O3S/c1-10(13-7-4-8-23-13)18-14(21)9-24-16-19-12-6-3-2-5-11(12)15(22)20(16)17/h2-8,10H,9,17H2,1H3,(H,18,21)/t10-/m0/s1. The fourth-order valence-electron chi connectivity index (χ4n) is 2.25. The molecule has 0 fully saturated rings. The molecule has 0 unspecified atom stereocenters. The molecule has 1 amide bonds. The summed E-state index contributed by atoms with van der Waals surface area (Å²) in [6.07, 6.45) is 1.55. The lowest BCUT2D eigenvalue weighted by Gasteiger charge is -2.12. The number of hydrogen-bond donors (Lipinski definition) is 2. The number of furan rings is 1. The van der Waals surface area contributed by atoms with Crippen molar-refractivity contribution in [2.45, 2.75) is 18.1 Å². The number of amides is 1. The molecular weight excluding hydrogens is 328 g/mol. The summed E-state index contributed by atoms with van der Waals surface area (Å²) in [6.45, 7) is 1.83. The number of para-hydroxylation sites is 1. The molecule has 2 heterocycles. The lowest BCUT2D eigenvalue weighted by atomic mass is 10.2. The van der Waals surface area contributed by atoms with Gasteiger partial charge in [0.05, 0.1) is 29.0 Å². The van der Waals surface area contributed by atoms with E-state index in [1.54, 1.807) is 42.7 Å². The Morgan fingerprint density at radius 1 is 1.38 bits per heavy atom. The summed E-state index contributed by atoms with van der Waals surface area (Å²) in [4.78, 5) is 28.6. The Morgan fingerprint density at radius 3 is 2.92 bits per heavy atom. The Balaban J connectivity index is 1.70. The third kappa shape index (κ3) is 3.28. The average molecular weight is 344 g/mol. The first-order valence-corrected chi connectivity index (χ1v) is 8.27. The van der Waals surface area contributed by atoms with Crippen LogP contribution in [0, 0.1) is 0 Å². The quantitative estimate of drug-likeness (QED) is 0.415. The zero-order chi connectivity index (χ0) is 17.1. The molecule has 0 saturated heterocycles. The number of benzene rings is 1.